The molecule has 0 fully saturated rings. The van der Waals surface area contributed by atoms with E-state index in [0.29, 0.717) is 0 Å². The third-order valence-electron chi connectivity index (χ3n) is 5.84. The minimum absolute atomic E-state index is 0.949. The van der Waals surface area contributed by atoms with E-state index in [-0.39, 0.29) is 0 Å². The van der Waals surface area contributed by atoms with Crippen LogP contribution >= 0.6 is 11.3 Å². The van der Waals surface area contributed by atoms with Crippen molar-refractivity contribution in [2.75, 3.05) is 0 Å². The summed E-state index contributed by atoms with van der Waals surface area (Å²) in [6.07, 6.45) is 12.3. The predicted octanol–water partition coefficient (Wildman–Crippen LogP) is 22.8. The first-order chi connectivity index (χ1) is 32.9. The molecule has 0 unspecified atom stereocenters. The van der Waals surface area contributed by atoms with Crippen molar-refractivity contribution in [2.24, 2.45) is 0 Å². The third kappa shape index (κ3) is 47.2. The summed E-state index contributed by atoms with van der Waals surface area (Å²) in [7, 11) is 0. The molecule has 1 aliphatic rings. The average molecular weight is 932 g/mol. The summed E-state index contributed by atoms with van der Waals surface area (Å²) in [5.74, 6) is 0. The van der Waals surface area contributed by atoms with E-state index in [0.717, 1.165) is 28.4 Å². The van der Waals surface area contributed by atoms with Gasteiger partial charge in [0.05, 0.1) is 16.6 Å². The Bertz CT molecular complexity index is 1550. The highest BCUT2D eigenvalue weighted by Crippen LogP contribution is 2.19. The van der Waals surface area contributed by atoms with Crippen LogP contribution in [-0.4, -0.2) is 19.9 Å². The molecule has 66 heavy (non-hydrogen) atoms. The summed E-state index contributed by atoms with van der Waals surface area (Å²) >= 11 is 1.79. The topological polar surface area (TPSA) is 51.6 Å². The number of hydrogen-bond acceptors (Lipinski definition) is 5. The van der Waals surface area contributed by atoms with Crippen molar-refractivity contribution in [3.05, 3.63) is 151 Å². The van der Waals surface area contributed by atoms with Gasteiger partial charge in [-0.15, -0.1) is 11.3 Å². The van der Waals surface area contributed by atoms with Crippen LogP contribution in [0.4, 0.5) is 0 Å². The van der Waals surface area contributed by atoms with E-state index >= 15 is 0 Å². The first-order valence-corrected chi connectivity index (χ1v) is 27.2. The van der Waals surface area contributed by atoms with Gasteiger partial charge in [0.2, 0.25) is 0 Å². The Kier molecular flexibility index (Phi) is 112. The fourth-order valence-corrected chi connectivity index (χ4v) is 4.73. The monoisotopic (exact) mass is 931 g/mol. The molecule has 7 aromatic rings. The van der Waals surface area contributed by atoms with Gasteiger partial charge in [0.1, 0.15) is 6.33 Å². The summed E-state index contributed by atoms with van der Waals surface area (Å²) in [6, 6.07) is 34.8. The molecule has 1 aliphatic carbocycles. The Morgan fingerprint density at radius 2 is 0.742 bits per heavy atom. The van der Waals surface area contributed by atoms with Gasteiger partial charge < -0.3 is 0 Å². The van der Waals surface area contributed by atoms with Gasteiger partial charge in [-0.1, -0.05) is 279 Å². The molecule has 4 aromatic carbocycles. The number of rotatable bonds is 0. The van der Waals surface area contributed by atoms with Crippen LogP contribution in [0.25, 0.3) is 38.1 Å². The van der Waals surface area contributed by atoms with E-state index in [1.165, 1.54) is 21.2 Å². The van der Waals surface area contributed by atoms with Gasteiger partial charge in [0.15, 0.2) is 0 Å². The zero-order chi connectivity index (χ0) is 53.8. The molecular weight excluding hydrogens is 821 g/mol. The SMILES string of the molecule is C1=Cc2ccccc2C1.CC.CC.CC.CC.CC.CC.CC.CC.CC.CC.CC.CC.CC.CC.c1ccc2nccnc2c1.c1ccc2ncncc2c1.c1ccc2sccc2c1. The second kappa shape index (κ2) is 87.2. The van der Waals surface area contributed by atoms with Crippen molar-refractivity contribution < 1.29 is 0 Å². The van der Waals surface area contributed by atoms with Gasteiger partial charge in [-0.2, -0.15) is 0 Å². The van der Waals surface area contributed by atoms with Crippen molar-refractivity contribution in [3.8, 4) is 0 Å². The van der Waals surface area contributed by atoms with Gasteiger partial charge in [-0.25, -0.2) is 9.97 Å². The maximum atomic E-state index is 4.12. The molecule has 0 aliphatic heterocycles. The van der Waals surface area contributed by atoms with Crippen molar-refractivity contribution in [1.82, 2.24) is 19.9 Å². The highest BCUT2D eigenvalue weighted by Gasteiger charge is 2.00. The van der Waals surface area contributed by atoms with Crippen LogP contribution in [0.1, 0.15) is 205 Å². The Balaban J connectivity index is -0.0000000674. The largest absolute Gasteiger partial charge is 0.253 e. The highest BCUT2D eigenvalue weighted by molar-refractivity contribution is 7.17. The van der Waals surface area contributed by atoms with Crippen molar-refractivity contribution >= 4 is 49.4 Å². The zero-order valence-corrected chi connectivity index (χ0v) is 49.6. The fourth-order valence-electron chi connectivity index (χ4n) is 3.93. The summed E-state index contributed by atoms with van der Waals surface area (Å²) in [4.78, 5) is 16.2. The second-order valence-corrected chi connectivity index (χ2v) is 9.34. The molecule has 0 atom stereocenters. The molecule has 380 valence electrons. The molecule has 4 nitrogen and oxygen atoms in total. The van der Waals surface area contributed by atoms with Crippen molar-refractivity contribution in [1.29, 1.82) is 0 Å². The van der Waals surface area contributed by atoms with E-state index in [4.69, 9.17) is 0 Å². The van der Waals surface area contributed by atoms with Crippen LogP contribution in [-0.2, 0) is 6.42 Å². The molecule has 0 spiro atoms. The number of allylic oxidation sites excluding steroid dienone is 1. The molecular formula is C61H110N4S. The normalized spacial score (nSPS) is 7.58. The molecule has 0 saturated carbocycles. The van der Waals surface area contributed by atoms with Crippen LogP contribution < -0.4 is 0 Å². The maximum absolute atomic E-state index is 4.12. The first-order valence-electron chi connectivity index (χ1n) is 26.3. The molecule has 0 amide bonds. The fraction of sp³-hybridized carbons (Fsp3) is 0.475. The maximum Gasteiger partial charge on any atom is 0.116 e. The van der Waals surface area contributed by atoms with Gasteiger partial charge in [0.25, 0.3) is 0 Å². The second-order valence-electron chi connectivity index (χ2n) is 8.39. The molecule has 8 rings (SSSR count). The summed E-state index contributed by atoms with van der Waals surface area (Å²) in [6.45, 7) is 56.0. The Morgan fingerprint density at radius 3 is 1.17 bits per heavy atom. The number of nitrogens with zero attached hydrogens (tertiary/aromatic N) is 4. The number of aromatic nitrogens is 4. The van der Waals surface area contributed by atoms with E-state index in [2.05, 4.69) is 92.1 Å². The molecule has 0 saturated heterocycles. The number of para-hydroxylation sites is 3. The standard InChI is InChI=1S/C9H8.2C8H6N2.C8H6S.14C2H6/c1-2-5-9-7-3-6-8(9)4-1;1-2-4-8-7(3-1)5-9-6-10-8;1-2-4-8-7(3-1)9-5-6-10-8;1-2-4-8-7(3-1)5-6-9-8;14*1-2/h1-6H,7H2;2*1-6H;1-6H;14*1-2H3. The Labute approximate surface area is 418 Å². The van der Waals surface area contributed by atoms with Crippen LogP contribution in [0.2, 0.25) is 0 Å². The smallest absolute Gasteiger partial charge is 0.116 e. The number of fused-ring (bicyclic) bond motifs is 4. The molecule has 0 bridgehead atoms. The Morgan fingerprint density at radius 1 is 0.364 bits per heavy atom. The van der Waals surface area contributed by atoms with Crippen LogP contribution in [0.3, 0.4) is 0 Å². The molecule has 0 N–H and O–H groups in total. The highest BCUT2D eigenvalue weighted by atomic mass is 32.1. The van der Waals surface area contributed by atoms with Gasteiger partial charge in [0, 0.05) is 28.7 Å². The zero-order valence-electron chi connectivity index (χ0n) is 48.8. The lowest BCUT2D eigenvalue weighted by atomic mass is 10.1. The number of thiophene rings is 1. The minimum Gasteiger partial charge on any atom is -0.253 e. The lowest BCUT2D eigenvalue weighted by molar-refractivity contribution is 1.22. The van der Waals surface area contributed by atoms with Crippen molar-refractivity contribution in [2.45, 2.75) is 200 Å². The molecule has 5 heteroatoms. The average Bonchev–Trinajstić information content (AvgIpc) is 4.18. The summed E-state index contributed by atoms with van der Waals surface area (Å²) in [5, 5.41) is 4.55. The van der Waals surface area contributed by atoms with Crippen LogP contribution in [0.15, 0.2) is 140 Å². The minimum atomic E-state index is 0.949. The van der Waals surface area contributed by atoms with Gasteiger partial charge >= 0.3 is 0 Å². The van der Waals surface area contributed by atoms with E-state index < -0.39 is 0 Å². The van der Waals surface area contributed by atoms with E-state index in [1.807, 2.05) is 249 Å². The lowest BCUT2D eigenvalue weighted by Crippen LogP contribution is -1.78. The molecule has 3 heterocycles. The molecule has 0 radical (unpaired) electrons. The number of hydrogen-bond donors (Lipinski definition) is 0. The predicted molar refractivity (Wildman–Crippen MR) is 319 cm³/mol. The van der Waals surface area contributed by atoms with Gasteiger partial charge in [-0.3, -0.25) is 9.97 Å². The van der Waals surface area contributed by atoms with Crippen molar-refractivity contribution in [3.63, 3.8) is 0 Å². The van der Waals surface area contributed by atoms with Crippen LogP contribution in [0.5, 0.6) is 0 Å². The quantitative estimate of drug-likeness (QED) is 0.152. The Hall–Kier alpha value is -4.74. The summed E-state index contributed by atoms with van der Waals surface area (Å²) in [5.41, 5.74) is 5.74. The van der Waals surface area contributed by atoms with Crippen LogP contribution in [0, 0.1) is 0 Å². The third-order valence-corrected chi connectivity index (χ3v) is 6.74. The van der Waals surface area contributed by atoms with E-state index in [9.17, 15) is 0 Å². The number of benzene rings is 4. The lowest BCUT2D eigenvalue weighted by Gasteiger charge is -1.93. The first kappa shape index (κ1) is 84.7. The van der Waals surface area contributed by atoms with Gasteiger partial charge in [-0.05, 0) is 58.6 Å². The molecule has 3 aromatic heterocycles. The summed E-state index contributed by atoms with van der Waals surface area (Å²) < 4.78 is 1.37. The van der Waals surface area contributed by atoms with E-state index in [1.54, 1.807) is 30.1 Å².